The van der Waals surface area contributed by atoms with Gasteiger partial charge in [-0.3, -0.25) is 9.69 Å². The highest BCUT2D eigenvalue weighted by molar-refractivity contribution is 6.02. The number of H-pyrrole nitrogens is 1. The maximum absolute atomic E-state index is 12.6. The highest BCUT2D eigenvalue weighted by Gasteiger charge is 2.23. The number of aryl methyl sites for hydroxylation is 1. The number of esters is 1. The fraction of sp³-hybridized carbons (Fsp3) is 0.647. The smallest absolute Gasteiger partial charge is 0.340 e. The maximum atomic E-state index is 12.6. The zero-order valence-electron chi connectivity index (χ0n) is 15.2. The molecule has 0 spiro atoms. The van der Waals surface area contributed by atoms with E-state index >= 15 is 0 Å². The fourth-order valence-electron chi connectivity index (χ4n) is 2.53. The molecule has 24 heavy (non-hydrogen) atoms. The van der Waals surface area contributed by atoms with Crippen molar-refractivity contribution >= 4 is 11.8 Å². The molecule has 0 atom stereocenters. The van der Waals surface area contributed by atoms with Crippen LogP contribution in [0.2, 0.25) is 0 Å². The molecule has 1 heterocycles. The van der Waals surface area contributed by atoms with Gasteiger partial charge < -0.3 is 19.2 Å². The van der Waals surface area contributed by atoms with Gasteiger partial charge >= 0.3 is 5.97 Å². The van der Waals surface area contributed by atoms with Gasteiger partial charge in [-0.25, -0.2) is 4.79 Å². The topological polar surface area (TPSA) is 80.9 Å². The van der Waals surface area contributed by atoms with Crippen LogP contribution in [0.15, 0.2) is 0 Å². The van der Waals surface area contributed by atoms with Crippen molar-refractivity contribution in [2.75, 3.05) is 53.7 Å². The quantitative estimate of drug-likeness (QED) is 0.487. The van der Waals surface area contributed by atoms with Gasteiger partial charge in [0.1, 0.15) is 0 Å². The second-order valence-electron chi connectivity index (χ2n) is 5.53. The number of nitrogens with zero attached hydrogens (tertiary/aromatic N) is 1. The van der Waals surface area contributed by atoms with Gasteiger partial charge in [-0.05, 0) is 26.3 Å². The molecule has 1 rings (SSSR count). The van der Waals surface area contributed by atoms with Gasteiger partial charge in [-0.1, -0.05) is 0 Å². The summed E-state index contributed by atoms with van der Waals surface area (Å²) in [5.74, 6) is -0.475. The van der Waals surface area contributed by atoms with E-state index in [1.54, 1.807) is 35.0 Å². The Morgan fingerprint density at radius 1 is 1.08 bits per heavy atom. The van der Waals surface area contributed by atoms with Gasteiger partial charge in [-0.15, -0.1) is 0 Å². The van der Waals surface area contributed by atoms with Crippen LogP contribution >= 0.6 is 0 Å². The summed E-state index contributed by atoms with van der Waals surface area (Å²) in [5.41, 5.74) is 2.18. The number of carbonyl (C=O) groups excluding carboxylic acids is 2. The Morgan fingerprint density at radius 3 is 2.17 bits per heavy atom. The molecular formula is C17H28N2O5. The number of aromatic nitrogens is 1. The minimum atomic E-state index is -0.404. The Balaban J connectivity index is 2.89. The number of aromatic amines is 1. The lowest BCUT2D eigenvalue weighted by Crippen LogP contribution is -2.35. The average Bonchev–Trinajstić information content (AvgIpc) is 2.84. The number of rotatable bonds is 11. The Bertz CT molecular complexity index is 545. The van der Waals surface area contributed by atoms with Gasteiger partial charge in [0.05, 0.1) is 37.6 Å². The summed E-state index contributed by atoms with van der Waals surface area (Å²) in [7, 11) is 3.25. The van der Waals surface area contributed by atoms with E-state index < -0.39 is 5.97 Å². The second-order valence-corrected chi connectivity index (χ2v) is 5.53. The molecule has 1 aromatic rings. The second kappa shape index (κ2) is 10.2. The van der Waals surface area contributed by atoms with Crippen molar-refractivity contribution in [3.8, 4) is 0 Å². The van der Waals surface area contributed by atoms with E-state index in [0.717, 1.165) is 0 Å². The van der Waals surface area contributed by atoms with E-state index in [4.69, 9.17) is 14.2 Å². The summed E-state index contributed by atoms with van der Waals surface area (Å²) in [5, 5.41) is 0. The molecule has 0 saturated heterocycles. The van der Waals surface area contributed by atoms with E-state index in [9.17, 15) is 9.59 Å². The molecule has 1 N–H and O–H groups in total. The lowest BCUT2D eigenvalue weighted by molar-refractivity contribution is 0.0525. The Hall–Kier alpha value is -1.70. The van der Waals surface area contributed by atoms with Crippen molar-refractivity contribution in [3.05, 3.63) is 22.5 Å². The SMILES string of the molecule is CCOC(=O)c1c(C)[nH]c(C(=O)CN(CCOC)CCOC)c1C. The summed E-state index contributed by atoms with van der Waals surface area (Å²) in [6.07, 6.45) is 0. The monoisotopic (exact) mass is 340 g/mol. The number of ketones is 1. The van der Waals surface area contributed by atoms with Crippen molar-refractivity contribution in [1.29, 1.82) is 0 Å². The number of hydrogen-bond acceptors (Lipinski definition) is 6. The molecule has 0 bridgehead atoms. The van der Waals surface area contributed by atoms with Crippen LogP contribution in [0.1, 0.15) is 39.0 Å². The largest absolute Gasteiger partial charge is 0.462 e. The van der Waals surface area contributed by atoms with Crippen LogP contribution in [0.5, 0.6) is 0 Å². The number of methoxy groups -OCH3 is 2. The third kappa shape index (κ3) is 5.43. The maximum Gasteiger partial charge on any atom is 0.340 e. The van der Waals surface area contributed by atoms with Crippen LogP contribution in [0.25, 0.3) is 0 Å². The predicted octanol–water partition coefficient (Wildman–Crippen LogP) is 1.59. The number of Topliss-reactive ketones (excluding diaryl/α,β-unsaturated/α-hetero) is 1. The molecule has 0 unspecified atom stereocenters. The summed E-state index contributed by atoms with van der Waals surface area (Å²) in [6, 6.07) is 0. The first kappa shape index (κ1) is 20.3. The molecule has 0 aliphatic rings. The lowest BCUT2D eigenvalue weighted by atomic mass is 10.1. The minimum Gasteiger partial charge on any atom is -0.462 e. The first-order valence-corrected chi connectivity index (χ1v) is 8.05. The fourth-order valence-corrected chi connectivity index (χ4v) is 2.53. The number of ether oxygens (including phenoxy) is 3. The molecule has 0 aliphatic carbocycles. The molecule has 0 aromatic carbocycles. The van der Waals surface area contributed by atoms with Gasteiger partial charge in [0, 0.05) is 33.0 Å². The third-order valence-electron chi connectivity index (χ3n) is 3.79. The van der Waals surface area contributed by atoms with Gasteiger partial charge in [0.25, 0.3) is 0 Å². The Labute approximate surface area is 143 Å². The molecule has 0 amide bonds. The molecule has 0 aliphatic heterocycles. The number of carbonyl (C=O) groups is 2. The summed E-state index contributed by atoms with van der Waals surface area (Å²) < 4.78 is 15.2. The Morgan fingerprint density at radius 2 is 1.67 bits per heavy atom. The van der Waals surface area contributed by atoms with E-state index in [-0.39, 0.29) is 12.3 Å². The molecule has 0 radical (unpaired) electrons. The van der Waals surface area contributed by atoms with E-state index in [1.807, 2.05) is 4.90 Å². The minimum absolute atomic E-state index is 0.0710. The van der Waals surface area contributed by atoms with Crippen LogP contribution in [0.4, 0.5) is 0 Å². The zero-order chi connectivity index (χ0) is 18.1. The van der Waals surface area contributed by atoms with Crippen molar-refractivity contribution in [3.63, 3.8) is 0 Å². The first-order chi connectivity index (χ1) is 11.5. The van der Waals surface area contributed by atoms with E-state index in [2.05, 4.69) is 4.98 Å². The highest BCUT2D eigenvalue weighted by atomic mass is 16.5. The van der Waals surface area contributed by atoms with Gasteiger partial charge in [0.2, 0.25) is 0 Å². The van der Waals surface area contributed by atoms with Crippen LogP contribution in [-0.4, -0.2) is 75.3 Å². The molecule has 1 aromatic heterocycles. The molecule has 7 nitrogen and oxygen atoms in total. The zero-order valence-corrected chi connectivity index (χ0v) is 15.2. The van der Waals surface area contributed by atoms with Gasteiger partial charge in [-0.2, -0.15) is 0 Å². The number of hydrogen-bond donors (Lipinski definition) is 1. The standard InChI is InChI=1S/C17H28N2O5/c1-6-24-17(21)15-12(2)16(18-13(15)3)14(20)11-19(7-9-22-4)8-10-23-5/h18H,6-11H2,1-5H3. The number of nitrogens with one attached hydrogen (secondary N) is 1. The van der Waals surface area contributed by atoms with Crippen molar-refractivity contribution in [2.45, 2.75) is 20.8 Å². The molecular weight excluding hydrogens is 312 g/mol. The van der Waals surface area contributed by atoms with Crippen LogP contribution in [0.3, 0.4) is 0 Å². The summed E-state index contributed by atoms with van der Waals surface area (Å²) in [6.45, 7) is 8.15. The Kier molecular flexibility index (Phi) is 8.67. The van der Waals surface area contributed by atoms with Crippen molar-refractivity contribution < 1.29 is 23.8 Å². The molecule has 0 fully saturated rings. The third-order valence-corrected chi connectivity index (χ3v) is 3.79. The lowest BCUT2D eigenvalue weighted by Gasteiger charge is -2.20. The normalized spacial score (nSPS) is 11.1. The van der Waals surface area contributed by atoms with E-state index in [1.165, 1.54) is 0 Å². The van der Waals surface area contributed by atoms with Crippen molar-refractivity contribution in [1.82, 2.24) is 9.88 Å². The van der Waals surface area contributed by atoms with E-state index in [0.29, 0.717) is 55.4 Å². The van der Waals surface area contributed by atoms with Gasteiger partial charge in [0.15, 0.2) is 5.78 Å². The predicted molar refractivity (Wildman–Crippen MR) is 90.7 cm³/mol. The van der Waals surface area contributed by atoms with Crippen molar-refractivity contribution in [2.24, 2.45) is 0 Å². The summed E-state index contributed by atoms with van der Waals surface area (Å²) >= 11 is 0. The highest BCUT2D eigenvalue weighted by Crippen LogP contribution is 2.19. The molecule has 0 saturated carbocycles. The summed E-state index contributed by atoms with van der Waals surface area (Å²) in [4.78, 5) is 29.7. The first-order valence-electron chi connectivity index (χ1n) is 8.05. The molecule has 7 heteroatoms. The van der Waals surface area contributed by atoms with Crippen LogP contribution in [-0.2, 0) is 14.2 Å². The average molecular weight is 340 g/mol. The van der Waals surface area contributed by atoms with Crippen LogP contribution in [0, 0.1) is 13.8 Å². The van der Waals surface area contributed by atoms with Crippen LogP contribution < -0.4 is 0 Å². The molecule has 136 valence electrons.